The number of aromatic nitrogens is 4. The number of piperidine rings is 1. The summed E-state index contributed by atoms with van der Waals surface area (Å²) < 4.78 is 1.78. The number of rotatable bonds is 5. The van der Waals surface area contributed by atoms with Crippen LogP contribution in [0, 0.1) is 0 Å². The number of fused-ring (bicyclic) bond motifs is 1. The van der Waals surface area contributed by atoms with Gasteiger partial charge in [-0.2, -0.15) is 10.1 Å². The number of anilines is 2. The van der Waals surface area contributed by atoms with Crippen LogP contribution in [-0.4, -0.2) is 70.0 Å². The van der Waals surface area contributed by atoms with Gasteiger partial charge in [0.2, 0.25) is 5.95 Å². The zero-order valence-corrected chi connectivity index (χ0v) is 21.8. The third-order valence-corrected chi connectivity index (χ3v) is 7.20. The molecule has 0 amide bonds. The first kappa shape index (κ1) is 25.3. The van der Waals surface area contributed by atoms with E-state index in [1.807, 2.05) is 25.4 Å². The molecule has 1 unspecified atom stereocenters. The summed E-state index contributed by atoms with van der Waals surface area (Å²) in [6, 6.07) is 6.13. The lowest BCUT2D eigenvalue weighted by Crippen LogP contribution is -2.54. The van der Waals surface area contributed by atoms with Crippen molar-refractivity contribution in [2.75, 3.05) is 49.5 Å². The second-order valence-electron chi connectivity index (χ2n) is 8.96. The molecule has 2 atom stereocenters. The first-order valence-electron chi connectivity index (χ1n) is 11.6. The third-order valence-electron chi connectivity index (χ3n) is 6.63. The summed E-state index contributed by atoms with van der Waals surface area (Å²) in [6.07, 6.45) is 4.48. The highest BCUT2D eigenvalue weighted by atomic mass is 35.5. The van der Waals surface area contributed by atoms with E-state index in [2.05, 4.69) is 32.5 Å². The lowest BCUT2D eigenvalue weighted by molar-refractivity contribution is 0.157. The maximum absolute atomic E-state index is 6.45. The molecule has 1 aromatic carbocycles. The van der Waals surface area contributed by atoms with Crippen molar-refractivity contribution >= 4 is 58.4 Å². The molecular formula is C23H31Cl3N8. The van der Waals surface area contributed by atoms with Crippen molar-refractivity contribution < 1.29 is 0 Å². The molecule has 0 bridgehead atoms. The van der Waals surface area contributed by atoms with Gasteiger partial charge >= 0.3 is 0 Å². The Hall–Kier alpha value is -1.84. The Labute approximate surface area is 216 Å². The van der Waals surface area contributed by atoms with E-state index >= 15 is 0 Å². The molecule has 0 radical (unpaired) electrons. The van der Waals surface area contributed by atoms with Gasteiger partial charge in [-0.1, -0.05) is 29.3 Å². The van der Waals surface area contributed by atoms with Crippen molar-refractivity contribution in [1.29, 1.82) is 0 Å². The zero-order chi connectivity index (χ0) is 22.9. The predicted octanol–water partition coefficient (Wildman–Crippen LogP) is 4.14. The standard InChI is InChI=1S/C23H30Cl2N8.ClH/c1-15(18-6-5-16(24)12-19(18)25)27-22-21-20(14-31(2)30-21)28-23(29-22)33-10-8-32(9-11-33)17-4-3-7-26-13-17;/h5-6,12,14-15,17,26H,3-4,7-11,13H2,1-2H3,(H,27,28,29);1H/t15-,17?;/m1./s1. The number of hydrogen-bond donors (Lipinski definition) is 2. The van der Waals surface area contributed by atoms with Gasteiger partial charge in [-0.05, 0) is 44.0 Å². The quantitative estimate of drug-likeness (QED) is 0.519. The summed E-state index contributed by atoms with van der Waals surface area (Å²) >= 11 is 12.5. The minimum atomic E-state index is -0.0710. The lowest BCUT2D eigenvalue weighted by Gasteiger charge is -2.40. The molecule has 5 rings (SSSR count). The fourth-order valence-corrected chi connectivity index (χ4v) is 5.39. The Balaban J connectivity index is 0.00000274. The van der Waals surface area contributed by atoms with E-state index in [9.17, 15) is 0 Å². The Kier molecular flexibility index (Phi) is 8.05. The summed E-state index contributed by atoms with van der Waals surface area (Å²) in [4.78, 5) is 14.6. The van der Waals surface area contributed by atoms with E-state index in [1.54, 1.807) is 10.7 Å². The van der Waals surface area contributed by atoms with Gasteiger partial charge in [0.25, 0.3) is 0 Å². The second-order valence-corrected chi connectivity index (χ2v) is 9.81. The fourth-order valence-electron chi connectivity index (χ4n) is 4.82. The molecule has 2 fully saturated rings. The van der Waals surface area contributed by atoms with E-state index in [-0.39, 0.29) is 18.4 Å². The molecule has 2 aliphatic rings. The van der Waals surface area contributed by atoms with Crippen LogP contribution < -0.4 is 15.5 Å². The fraction of sp³-hybridized carbons (Fsp3) is 0.522. The Morgan fingerprint density at radius 1 is 1.15 bits per heavy atom. The summed E-state index contributed by atoms with van der Waals surface area (Å²) in [5.74, 6) is 1.46. The molecule has 4 heterocycles. The molecule has 184 valence electrons. The first-order valence-corrected chi connectivity index (χ1v) is 12.4. The van der Waals surface area contributed by atoms with Gasteiger partial charge in [-0.25, -0.2) is 4.98 Å². The number of hydrogen-bond acceptors (Lipinski definition) is 7. The van der Waals surface area contributed by atoms with Gasteiger partial charge in [0.1, 0.15) is 5.52 Å². The van der Waals surface area contributed by atoms with Crippen molar-refractivity contribution in [3.8, 4) is 0 Å². The SMILES string of the molecule is C[C@@H](Nc1nc(N2CCN(C3CCCNC3)CC2)nc2cn(C)nc12)c1ccc(Cl)cc1Cl.Cl. The summed E-state index contributed by atoms with van der Waals surface area (Å²) in [5, 5.41) is 12.9. The maximum atomic E-state index is 6.45. The molecule has 0 saturated carbocycles. The van der Waals surface area contributed by atoms with E-state index in [1.165, 1.54) is 12.8 Å². The van der Waals surface area contributed by atoms with Crippen molar-refractivity contribution in [3.05, 3.63) is 40.0 Å². The number of benzene rings is 1. The van der Waals surface area contributed by atoms with Gasteiger partial charge in [0.05, 0.1) is 12.2 Å². The van der Waals surface area contributed by atoms with Crippen LogP contribution in [0.5, 0.6) is 0 Å². The highest BCUT2D eigenvalue weighted by molar-refractivity contribution is 6.35. The lowest BCUT2D eigenvalue weighted by atomic mass is 10.1. The number of halogens is 3. The van der Waals surface area contributed by atoms with Crippen LogP contribution in [0.2, 0.25) is 10.0 Å². The second kappa shape index (κ2) is 10.8. The van der Waals surface area contributed by atoms with Crippen LogP contribution in [0.25, 0.3) is 11.0 Å². The van der Waals surface area contributed by atoms with Gasteiger partial charge < -0.3 is 15.5 Å². The molecule has 3 aromatic rings. The number of nitrogens with zero attached hydrogens (tertiary/aromatic N) is 6. The minimum Gasteiger partial charge on any atom is -0.361 e. The van der Waals surface area contributed by atoms with E-state index < -0.39 is 0 Å². The first-order chi connectivity index (χ1) is 16.0. The molecule has 8 nitrogen and oxygen atoms in total. The van der Waals surface area contributed by atoms with Crippen LogP contribution in [-0.2, 0) is 7.05 Å². The van der Waals surface area contributed by atoms with Crippen molar-refractivity contribution in [1.82, 2.24) is 30.0 Å². The molecule has 2 aliphatic heterocycles. The third kappa shape index (κ3) is 5.36. The Bertz CT molecular complexity index is 1120. The van der Waals surface area contributed by atoms with Gasteiger partial charge in [0.15, 0.2) is 11.3 Å². The average Bonchev–Trinajstić information content (AvgIpc) is 3.20. The highest BCUT2D eigenvalue weighted by Gasteiger charge is 2.27. The Morgan fingerprint density at radius 3 is 2.65 bits per heavy atom. The van der Waals surface area contributed by atoms with E-state index in [0.29, 0.717) is 21.9 Å². The molecule has 2 saturated heterocycles. The predicted molar refractivity (Wildman–Crippen MR) is 142 cm³/mol. The molecule has 0 aliphatic carbocycles. The Morgan fingerprint density at radius 2 is 1.94 bits per heavy atom. The van der Waals surface area contributed by atoms with Crippen molar-refractivity contribution in [2.45, 2.75) is 31.8 Å². The monoisotopic (exact) mass is 524 g/mol. The molecule has 2 N–H and O–H groups in total. The summed E-state index contributed by atoms with van der Waals surface area (Å²) in [6.45, 7) is 8.19. The maximum Gasteiger partial charge on any atom is 0.228 e. The van der Waals surface area contributed by atoms with Crippen LogP contribution in [0.15, 0.2) is 24.4 Å². The molecule has 2 aromatic heterocycles. The number of piperazine rings is 1. The van der Waals surface area contributed by atoms with Gasteiger partial charge in [-0.3, -0.25) is 9.58 Å². The van der Waals surface area contributed by atoms with E-state index in [4.69, 9.17) is 33.2 Å². The van der Waals surface area contributed by atoms with Crippen LogP contribution >= 0.6 is 35.6 Å². The largest absolute Gasteiger partial charge is 0.361 e. The molecular weight excluding hydrogens is 495 g/mol. The molecule has 11 heteroatoms. The van der Waals surface area contributed by atoms with Gasteiger partial charge in [0, 0.05) is 55.9 Å². The van der Waals surface area contributed by atoms with Crippen LogP contribution in [0.1, 0.15) is 31.4 Å². The van der Waals surface area contributed by atoms with Gasteiger partial charge in [-0.15, -0.1) is 12.4 Å². The van der Waals surface area contributed by atoms with Crippen molar-refractivity contribution in [3.63, 3.8) is 0 Å². The summed E-state index contributed by atoms with van der Waals surface area (Å²) in [7, 11) is 1.90. The summed E-state index contributed by atoms with van der Waals surface area (Å²) in [5.41, 5.74) is 2.54. The normalized spacial score (nSPS) is 20.2. The number of aryl methyl sites for hydroxylation is 1. The average molecular weight is 526 g/mol. The van der Waals surface area contributed by atoms with Crippen molar-refractivity contribution in [2.24, 2.45) is 7.05 Å². The zero-order valence-electron chi connectivity index (χ0n) is 19.5. The number of nitrogens with one attached hydrogen (secondary N) is 2. The molecule has 0 spiro atoms. The molecule has 34 heavy (non-hydrogen) atoms. The van der Waals surface area contributed by atoms with Crippen LogP contribution in [0.4, 0.5) is 11.8 Å². The van der Waals surface area contributed by atoms with E-state index in [0.717, 1.165) is 61.8 Å². The minimum absolute atomic E-state index is 0. The smallest absolute Gasteiger partial charge is 0.228 e. The van der Waals surface area contributed by atoms with Crippen LogP contribution in [0.3, 0.4) is 0 Å². The highest BCUT2D eigenvalue weighted by Crippen LogP contribution is 2.31. The topological polar surface area (TPSA) is 74.1 Å².